The van der Waals surface area contributed by atoms with Gasteiger partial charge < -0.3 is 15.3 Å². The lowest BCUT2D eigenvalue weighted by Crippen LogP contribution is -2.58. The number of fused-ring (bicyclic) bond motifs is 5. The monoisotopic (exact) mass is 308 g/mol. The Morgan fingerprint density at radius 2 is 1.41 bits per heavy atom. The van der Waals surface area contributed by atoms with Crippen molar-refractivity contribution in [3.05, 3.63) is 0 Å². The molecule has 4 saturated carbocycles. The van der Waals surface area contributed by atoms with Crippen molar-refractivity contribution in [3.63, 3.8) is 0 Å². The van der Waals surface area contributed by atoms with E-state index < -0.39 is 0 Å². The summed E-state index contributed by atoms with van der Waals surface area (Å²) >= 11 is 0. The average Bonchev–Trinajstić information content (AvgIpc) is 2.77. The van der Waals surface area contributed by atoms with Crippen LogP contribution in [0.15, 0.2) is 0 Å². The first kappa shape index (κ1) is 15.4. The predicted molar refractivity (Wildman–Crippen MR) is 85.1 cm³/mol. The van der Waals surface area contributed by atoms with Crippen molar-refractivity contribution in [2.24, 2.45) is 34.5 Å². The predicted octanol–water partition coefficient (Wildman–Crippen LogP) is 2.72. The Morgan fingerprint density at radius 3 is 2.18 bits per heavy atom. The van der Waals surface area contributed by atoms with Crippen LogP contribution < -0.4 is 0 Å². The van der Waals surface area contributed by atoms with Crippen molar-refractivity contribution >= 4 is 0 Å². The van der Waals surface area contributed by atoms with Crippen LogP contribution >= 0.6 is 0 Å². The molecule has 126 valence electrons. The Kier molecular flexibility index (Phi) is 3.46. The quantitative estimate of drug-likeness (QED) is 0.645. The maximum absolute atomic E-state index is 10.8. The van der Waals surface area contributed by atoms with Crippen LogP contribution in [0.5, 0.6) is 0 Å². The van der Waals surface area contributed by atoms with E-state index >= 15 is 0 Å². The molecule has 4 fully saturated rings. The molecule has 3 unspecified atom stereocenters. The van der Waals surface area contributed by atoms with Gasteiger partial charge in [0.25, 0.3) is 0 Å². The van der Waals surface area contributed by atoms with E-state index in [0.29, 0.717) is 17.8 Å². The number of hydrogen-bond acceptors (Lipinski definition) is 3. The van der Waals surface area contributed by atoms with Crippen molar-refractivity contribution < 1.29 is 15.3 Å². The molecule has 4 aliphatic carbocycles. The van der Waals surface area contributed by atoms with Crippen LogP contribution in [0.4, 0.5) is 0 Å². The third-order valence-electron chi connectivity index (χ3n) is 8.60. The smallest absolute Gasteiger partial charge is 0.0596 e. The van der Waals surface area contributed by atoms with Crippen molar-refractivity contribution in [3.8, 4) is 0 Å². The molecular weight excluding hydrogens is 276 g/mol. The zero-order chi connectivity index (χ0) is 15.7. The van der Waals surface area contributed by atoms with E-state index in [2.05, 4.69) is 13.8 Å². The van der Waals surface area contributed by atoms with E-state index in [1.165, 1.54) is 6.42 Å². The van der Waals surface area contributed by atoms with Crippen LogP contribution in [0.2, 0.25) is 0 Å². The number of hydrogen-bond donors (Lipinski definition) is 3. The van der Waals surface area contributed by atoms with Crippen LogP contribution in [-0.4, -0.2) is 33.6 Å². The Bertz CT molecular complexity index is 452. The van der Waals surface area contributed by atoms with Crippen molar-refractivity contribution in [2.75, 3.05) is 0 Å². The van der Waals surface area contributed by atoms with Gasteiger partial charge in [-0.25, -0.2) is 0 Å². The summed E-state index contributed by atoms with van der Waals surface area (Å²) in [6, 6.07) is 0. The van der Waals surface area contributed by atoms with Gasteiger partial charge in [0.15, 0.2) is 0 Å². The molecule has 0 spiro atoms. The fourth-order valence-corrected chi connectivity index (χ4v) is 7.25. The van der Waals surface area contributed by atoms with Crippen LogP contribution in [0.25, 0.3) is 0 Å². The number of aliphatic hydroxyl groups excluding tert-OH is 3. The van der Waals surface area contributed by atoms with Crippen molar-refractivity contribution in [1.82, 2.24) is 0 Å². The van der Waals surface area contributed by atoms with Gasteiger partial charge in [-0.2, -0.15) is 0 Å². The van der Waals surface area contributed by atoms with Crippen molar-refractivity contribution in [2.45, 2.75) is 83.5 Å². The Balaban J connectivity index is 1.66. The molecule has 4 aliphatic rings. The van der Waals surface area contributed by atoms with E-state index in [0.717, 1.165) is 44.9 Å². The summed E-state index contributed by atoms with van der Waals surface area (Å²) in [7, 11) is 0. The Hall–Kier alpha value is -0.120. The third-order valence-corrected chi connectivity index (χ3v) is 8.60. The van der Waals surface area contributed by atoms with Gasteiger partial charge in [-0.3, -0.25) is 0 Å². The fourth-order valence-electron chi connectivity index (χ4n) is 7.25. The average molecular weight is 308 g/mol. The van der Waals surface area contributed by atoms with Crippen molar-refractivity contribution in [1.29, 1.82) is 0 Å². The lowest BCUT2D eigenvalue weighted by Gasteiger charge is -2.61. The molecule has 9 atom stereocenters. The molecular formula is C19H32O3. The first-order valence-corrected chi connectivity index (χ1v) is 9.40. The maximum atomic E-state index is 10.8. The molecule has 22 heavy (non-hydrogen) atoms. The van der Waals surface area contributed by atoms with Gasteiger partial charge in [-0.1, -0.05) is 13.8 Å². The molecule has 0 aromatic rings. The second-order valence-electron chi connectivity index (χ2n) is 9.36. The standard InChI is InChI=1S/C19H32O3/c1-18-7-5-11(20)9-15(18)16(21)10-12-13-3-4-17(22)19(13,2)8-6-14(12)18/h11-17,20-22H,3-10H2,1-2H3/t11?,12-,13-,14-,15+,16?,17?,18+,19-/m0/s1. The van der Waals surface area contributed by atoms with Crippen LogP contribution in [0, 0.1) is 34.5 Å². The molecule has 0 radical (unpaired) electrons. The van der Waals surface area contributed by atoms with Gasteiger partial charge in [0.1, 0.15) is 0 Å². The summed E-state index contributed by atoms with van der Waals surface area (Å²) in [5, 5.41) is 31.4. The summed E-state index contributed by atoms with van der Waals surface area (Å²) in [4.78, 5) is 0. The molecule has 0 aromatic carbocycles. The Labute approximate surface area is 134 Å². The zero-order valence-electron chi connectivity index (χ0n) is 14.0. The fraction of sp³-hybridized carbons (Fsp3) is 1.00. The van der Waals surface area contributed by atoms with Gasteiger partial charge in [-0.05, 0) is 85.9 Å². The van der Waals surface area contributed by atoms with Gasteiger partial charge in [0.2, 0.25) is 0 Å². The highest BCUT2D eigenvalue weighted by Gasteiger charge is 2.61. The number of aliphatic hydroxyl groups is 3. The van der Waals surface area contributed by atoms with Gasteiger partial charge in [0, 0.05) is 0 Å². The van der Waals surface area contributed by atoms with E-state index in [4.69, 9.17) is 0 Å². The lowest BCUT2D eigenvalue weighted by molar-refractivity contribution is -0.174. The minimum atomic E-state index is -0.263. The van der Waals surface area contributed by atoms with Crippen LogP contribution in [0.3, 0.4) is 0 Å². The normalized spacial score (nSPS) is 61.2. The largest absolute Gasteiger partial charge is 0.393 e. The van der Waals surface area contributed by atoms with Crippen LogP contribution in [-0.2, 0) is 0 Å². The summed E-state index contributed by atoms with van der Waals surface area (Å²) in [6.07, 6.45) is 7.42. The Morgan fingerprint density at radius 1 is 0.727 bits per heavy atom. The molecule has 3 N–H and O–H groups in total. The molecule has 0 amide bonds. The molecule has 4 rings (SSSR count). The summed E-state index contributed by atoms with van der Waals surface area (Å²) in [5.74, 6) is 2.10. The second kappa shape index (κ2) is 4.94. The highest BCUT2D eigenvalue weighted by atomic mass is 16.3. The van der Waals surface area contributed by atoms with E-state index in [9.17, 15) is 15.3 Å². The topological polar surface area (TPSA) is 60.7 Å². The number of rotatable bonds is 0. The van der Waals surface area contributed by atoms with Gasteiger partial charge in [0.05, 0.1) is 18.3 Å². The second-order valence-corrected chi connectivity index (χ2v) is 9.36. The van der Waals surface area contributed by atoms with E-state index in [1.807, 2.05) is 0 Å². The van der Waals surface area contributed by atoms with Crippen LogP contribution in [0.1, 0.15) is 65.2 Å². The van der Waals surface area contributed by atoms with E-state index in [1.54, 1.807) is 0 Å². The summed E-state index contributed by atoms with van der Waals surface area (Å²) in [6.45, 7) is 4.68. The first-order chi connectivity index (χ1) is 10.4. The highest BCUT2D eigenvalue weighted by molar-refractivity contribution is 5.11. The first-order valence-electron chi connectivity index (χ1n) is 9.40. The SMILES string of the molecule is C[C@]12CCC(O)C[C@@H]1C(O)C[C@@H]1[C@@H]2CC[C@]2(C)C(O)CC[C@@H]12. The van der Waals surface area contributed by atoms with E-state index in [-0.39, 0.29) is 35.1 Å². The zero-order valence-corrected chi connectivity index (χ0v) is 14.0. The van der Waals surface area contributed by atoms with Gasteiger partial charge >= 0.3 is 0 Å². The molecule has 0 bridgehead atoms. The molecule has 0 saturated heterocycles. The lowest BCUT2D eigenvalue weighted by atomic mass is 9.44. The summed E-state index contributed by atoms with van der Waals surface area (Å²) < 4.78 is 0. The molecule has 3 heteroatoms. The minimum absolute atomic E-state index is 0.0816. The maximum Gasteiger partial charge on any atom is 0.0596 e. The minimum Gasteiger partial charge on any atom is -0.393 e. The molecule has 0 heterocycles. The van der Waals surface area contributed by atoms with Gasteiger partial charge in [-0.15, -0.1) is 0 Å². The molecule has 0 aromatic heterocycles. The highest BCUT2D eigenvalue weighted by Crippen LogP contribution is 2.66. The third kappa shape index (κ3) is 1.91. The molecule has 0 aliphatic heterocycles. The summed E-state index contributed by atoms with van der Waals surface area (Å²) in [5.41, 5.74) is 0.273. The molecule has 3 nitrogen and oxygen atoms in total.